The monoisotopic (exact) mass is 322 g/mol. The molecule has 0 saturated carbocycles. The van der Waals surface area contributed by atoms with Gasteiger partial charge in [0.15, 0.2) is 5.13 Å². The molecule has 2 aromatic rings. The highest BCUT2D eigenvalue weighted by molar-refractivity contribution is 7.93. The van der Waals surface area contributed by atoms with Crippen LogP contribution in [-0.2, 0) is 10.0 Å². The largest absolute Gasteiger partial charge is 0.265 e. The Morgan fingerprint density at radius 1 is 1.33 bits per heavy atom. The van der Waals surface area contributed by atoms with Crippen LogP contribution in [0.4, 0.5) is 5.13 Å². The minimum absolute atomic E-state index is 0.0653. The van der Waals surface area contributed by atoms with E-state index in [1.54, 1.807) is 12.3 Å². The van der Waals surface area contributed by atoms with Crippen LogP contribution < -0.4 is 4.72 Å². The van der Waals surface area contributed by atoms with Crippen molar-refractivity contribution in [1.29, 1.82) is 0 Å². The third-order valence-corrected chi connectivity index (χ3v) is 5.08. The molecule has 0 aliphatic rings. The Hall–Kier alpha value is -0.820. The number of halogens is 2. The fraction of sp³-hybridized carbons (Fsp3) is 0.100. The number of hydrogen-bond acceptors (Lipinski definition) is 4. The van der Waals surface area contributed by atoms with E-state index in [4.69, 9.17) is 23.2 Å². The van der Waals surface area contributed by atoms with Crippen LogP contribution in [0, 0.1) is 6.92 Å². The van der Waals surface area contributed by atoms with Gasteiger partial charge in [0, 0.05) is 10.4 Å². The average molecular weight is 323 g/mol. The second kappa shape index (κ2) is 5.05. The number of nitrogens with one attached hydrogen (secondary N) is 1. The summed E-state index contributed by atoms with van der Waals surface area (Å²) in [4.78, 5) is 3.96. The third-order valence-electron chi connectivity index (χ3n) is 2.02. The van der Waals surface area contributed by atoms with Crippen molar-refractivity contribution in [2.45, 2.75) is 11.8 Å². The summed E-state index contributed by atoms with van der Waals surface area (Å²) >= 11 is 12.8. The quantitative estimate of drug-likeness (QED) is 0.939. The van der Waals surface area contributed by atoms with Gasteiger partial charge in [-0.3, -0.25) is 4.72 Å². The highest BCUT2D eigenvalue weighted by Gasteiger charge is 2.19. The molecule has 0 saturated heterocycles. The van der Waals surface area contributed by atoms with Crippen LogP contribution in [0.5, 0.6) is 0 Å². The van der Waals surface area contributed by atoms with E-state index < -0.39 is 10.0 Å². The van der Waals surface area contributed by atoms with Gasteiger partial charge in [0.1, 0.15) is 4.90 Å². The second-order valence-corrected chi connectivity index (χ2v) is 6.83. The molecular formula is C10H8Cl2N2O2S2. The lowest BCUT2D eigenvalue weighted by molar-refractivity contribution is 0.601. The van der Waals surface area contributed by atoms with E-state index in [2.05, 4.69) is 9.71 Å². The molecule has 0 aliphatic carbocycles. The van der Waals surface area contributed by atoms with Gasteiger partial charge in [-0.1, -0.05) is 23.2 Å². The van der Waals surface area contributed by atoms with E-state index >= 15 is 0 Å². The first kappa shape index (κ1) is 13.6. The lowest BCUT2D eigenvalue weighted by Crippen LogP contribution is -2.13. The van der Waals surface area contributed by atoms with Gasteiger partial charge in [-0.15, -0.1) is 11.3 Å². The zero-order valence-corrected chi connectivity index (χ0v) is 12.3. The summed E-state index contributed by atoms with van der Waals surface area (Å²) in [5, 5.41) is 2.45. The van der Waals surface area contributed by atoms with Crippen LogP contribution >= 0.6 is 34.5 Å². The molecule has 1 aromatic heterocycles. The van der Waals surface area contributed by atoms with Crippen molar-refractivity contribution in [2.24, 2.45) is 0 Å². The fourth-order valence-electron chi connectivity index (χ4n) is 1.25. The van der Waals surface area contributed by atoms with Crippen molar-refractivity contribution in [3.63, 3.8) is 0 Å². The molecule has 0 aliphatic heterocycles. The molecule has 8 heteroatoms. The lowest BCUT2D eigenvalue weighted by Gasteiger charge is -2.07. The Bertz CT molecular complexity index is 683. The number of aromatic nitrogens is 1. The lowest BCUT2D eigenvalue weighted by atomic mass is 10.4. The van der Waals surface area contributed by atoms with E-state index in [9.17, 15) is 8.42 Å². The standard InChI is InChI=1S/C10H8Cl2N2O2S2/c1-6-5-17-10(13-6)14-18(15,16)9-4-7(11)2-3-8(9)12/h2-5H,1H3,(H,13,14). The number of hydrogen-bond donors (Lipinski definition) is 1. The van der Waals surface area contributed by atoms with Crippen molar-refractivity contribution < 1.29 is 8.42 Å². The molecule has 4 nitrogen and oxygen atoms in total. The number of benzene rings is 1. The molecule has 0 spiro atoms. The van der Waals surface area contributed by atoms with Crippen molar-refractivity contribution >= 4 is 49.7 Å². The molecule has 1 aromatic carbocycles. The summed E-state index contributed by atoms with van der Waals surface area (Å²) in [5.41, 5.74) is 0.745. The van der Waals surface area contributed by atoms with E-state index in [0.29, 0.717) is 10.2 Å². The van der Waals surface area contributed by atoms with Crippen LogP contribution in [0.25, 0.3) is 0 Å². The Balaban J connectivity index is 2.39. The summed E-state index contributed by atoms with van der Waals surface area (Å²) in [7, 11) is -3.77. The average Bonchev–Trinajstić information content (AvgIpc) is 2.66. The van der Waals surface area contributed by atoms with Gasteiger partial charge < -0.3 is 0 Å². The molecule has 1 N–H and O–H groups in total. The summed E-state index contributed by atoms with van der Waals surface area (Å²) in [5.74, 6) is 0. The first-order chi connectivity index (χ1) is 8.38. The van der Waals surface area contributed by atoms with Gasteiger partial charge in [0.05, 0.1) is 10.7 Å². The Kier molecular flexibility index (Phi) is 3.82. The van der Waals surface area contributed by atoms with Gasteiger partial charge in [-0.25, -0.2) is 13.4 Å². The zero-order valence-electron chi connectivity index (χ0n) is 9.15. The number of thiazole rings is 1. The highest BCUT2D eigenvalue weighted by atomic mass is 35.5. The first-order valence-electron chi connectivity index (χ1n) is 4.78. The molecule has 0 bridgehead atoms. The van der Waals surface area contributed by atoms with Gasteiger partial charge in [-0.05, 0) is 25.1 Å². The first-order valence-corrected chi connectivity index (χ1v) is 7.90. The van der Waals surface area contributed by atoms with Crippen LogP contribution in [0.3, 0.4) is 0 Å². The molecule has 0 radical (unpaired) electrons. The number of nitrogens with zero attached hydrogens (tertiary/aromatic N) is 1. The van der Waals surface area contributed by atoms with Crippen molar-refractivity contribution in [2.75, 3.05) is 4.72 Å². The van der Waals surface area contributed by atoms with Crippen molar-refractivity contribution in [1.82, 2.24) is 4.98 Å². The van der Waals surface area contributed by atoms with Crippen LogP contribution in [0.2, 0.25) is 10.0 Å². The summed E-state index contributed by atoms with van der Waals surface area (Å²) in [6.45, 7) is 1.78. The van der Waals surface area contributed by atoms with Gasteiger partial charge >= 0.3 is 0 Å². The van der Waals surface area contributed by atoms with Gasteiger partial charge in [0.25, 0.3) is 10.0 Å². The maximum atomic E-state index is 12.1. The topological polar surface area (TPSA) is 59.1 Å². The maximum Gasteiger partial charge on any atom is 0.265 e. The summed E-state index contributed by atoms with van der Waals surface area (Å²) < 4.78 is 26.6. The zero-order chi connectivity index (χ0) is 13.3. The normalized spacial score (nSPS) is 11.5. The van der Waals surface area contributed by atoms with Gasteiger partial charge in [0.2, 0.25) is 0 Å². The second-order valence-electron chi connectivity index (χ2n) is 3.47. The van der Waals surface area contributed by atoms with Crippen LogP contribution in [0.1, 0.15) is 5.69 Å². The maximum absolute atomic E-state index is 12.1. The predicted molar refractivity (Wildman–Crippen MR) is 74.1 cm³/mol. The summed E-state index contributed by atoms with van der Waals surface area (Å²) in [6.07, 6.45) is 0. The Labute approximate surface area is 119 Å². The molecule has 1 heterocycles. The van der Waals surface area contributed by atoms with Crippen LogP contribution in [0.15, 0.2) is 28.5 Å². The summed E-state index contributed by atoms with van der Waals surface area (Å²) in [6, 6.07) is 4.26. The smallest absolute Gasteiger partial charge is 0.255 e. The van der Waals surface area contributed by atoms with Gasteiger partial charge in [-0.2, -0.15) is 0 Å². The van der Waals surface area contributed by atoms with Crippen molar-refractivity contribution in [3.8, 4) is 0 Å². The number of anilines is 1. The molecule has 0 amide bonds. The molecule has 0 fully saturated rings. The number of rotatable bonds is 3. The molecule has 96 valence electrons. The highest BCUT2D eigenvalue weighted by Crippen LogP contribution is 2.27. The third kappa shape index (κ3) is 2.95. The molecule has 0 atom stereocenters. The Morgan fingerprint density at radius 2 is 2.06 bits per heavy atom. The minimum atomic E-state index is -3.77. The SMILES string of the molecule is Cc1csc(NS(=O)(=O)c2cc(Cl)ccc2Cl)n1. The molecular weight excluding hydrogens is 315 g/mol. The Morgan fingerprint density at radius 3 is 2.67 bits per heavy atom. The van der Waals surface area contributed by atoms with E-state index in [0.717, 1.165) is 5.69 Å². The minimum Gasteiger partial charge on any atom is -0.255 e. The molecule has 0 unspecified atom stereocenters. The van der Waals surface area contributed by atoms with E-state index in [-0.39, 0.29) is 9.92 Å². The van der Waals surface area contributed by atoms with E-state index in [1.807, 2.05) is 0 Å². The predicted octanol–water partition coefficient (Wildman–Crippen LogP) is 3.56. The molecule has 2 rings (SSSR count). The fourth-order valence-corrected chi connectivity index (χ4v) is 3.96. The molecule has 18 heavy (non-hydrogen) atoms. The van der Waals surface area contributed by atoms with Crippen molar-refractivity contribution in [3.05, 3.63) is 39.3 Å². The van der Waals surface area contributed by atoms with E-state index in [1.165, 1.54) is 29.5 Å². The number of aryl methyl sites for hydroxylation is 1. The van der Waals surface area contributed by atoms with Crippen LogP contribution in [-0.4, -0.2) is 13.4 Å². The number of sulfonamides is 1.